The standard InChI is InChI=1S/C32H30BrF3N6OS/c1-31(2,40-29(43)15-27-17-38-21-42(27)18-23-12-10-22(16-37)11-13-23)20-41(30(44)39-26-8-5-7-25(33)14-26)19-24-6-3-4-9-28(24)32(34,35)36/h3-14,17,21H,15,18-20H2,1-2H3,(H,39,44)(H,40,43). The Labute approximate surface area is 267 Å². The number of halogens is 4. The molecule has 7 nitrogen and oxygen atoms in total. The lowest BCUT2D eigenvalue weighted by molar-refractivity contribution is -0.138. The van der Waals surface area contributed by atoms with Gasteiger partial charge >= 0.3 is 6.18 Å². The van der Waals surface area contributed by atoms with Crippen molar-refractivity contribution in [2.75, 3.05) is 11.9 Å². The van der Waals surface area contributed by atoms with Crippen LogP contribution in [0.2, 0.25) is 0 Å². The van der Waals surface area contributed by atoms with E-state index < -0.39 is 17.3 Å². The van der Waals surface area contributed by atoms with E-state index in [1.54, 1.807) is 55.5 Å². The molecule has 0 fully saturated rings. The van der Waals surface area contributed by atoms with Crippen LogP contribution in [-0.4, -0.2) is 37.6 Å². The van der Waals surface area contributed by atoms with Crippen molar-refractivity contribution in [2.45, 2.75) is 45.1 Å². The quantitative estimate of drug-likeness (QED) is 0.177. The van der Waals surface area contributed by atoms with Gasteiger partial charge in [-0.05, 0) is 73.6 Å². The zero-order valence-electron chi connectivity index (χ0n) is 24.0. The third-order valence-electron chi connectivity index (χ3n) is 6.69. The number of thiocarbonyl (C=S) groups is 1. The molecule has 4 rings (SSSR count). The van der Waals surface area contributed by atoms with Crippen LogP contribution in [0.5, 0.6) is 0 Å². The summed E-state index contributed by atoms with van der Waals surface area (Å²) < 4.78 is 44.2. The minimum absolute atomic E-state index is 0.0390. The summed E-state index contributed by atoms with van der Waals surface area (Å²) in [5, 5.41) is 15.4. The molecule has 1 aromatic heterocycles. The lowest BCUT2D eigenvalue weighted by atomic mass is 10.0. The van der Waals surface area contributed by atoms with E-state index in [-0.39, 0.29) is 36.1 Å². The molecule has 0 bridgehead atoms. The van der Waals surface area contributed by atoms with Gasteiger partial charge in [0.25, 0.3) is 0 Å². The van der Waals surface area contributed by atoms with Crippen molar-refractivity contribution in [2.24, 2.45) is 0 Å². The van der Waals surface area contributed by atoms with Crippen LogP contribution in [0, 0.1) is 11.3 Å². The van der Waals surface area contributed by atoms with Crippen LogP contribution in [0.3, 0.4) is 0 Å². The maximum absolute atomic E-state index is 13.8. The summed E-state index contributed by atoms with van der Waals surface area (Å²) >= 11 is 9.10. The molecule has 2 N–H and O–H groups in total. The fourth-order valence-corrected chi connectivity index (χ4v) is 5.38. The molecule has 12 heteroatoms. The monoisotopic (exact) mass is 682 g/mol. The minimum atomic E-state index is -4.54. The Hall–Kier alpha value is -4.21. The molecule has 0 atom stereocenters. The summed E-state index contributed by atoms with van der Waals surface area (Å²) in [4.78, 5) is 19.0. The first-order valence-corrected chi connectivity index (χ1v) is 14.8. The van der Waals surface area contributed by atoms with Gasteiger partial charge in [0.2, 0.25) is 5.91 Å². The first kappa shape index (κ1) is 32.7. The SMILES string of the molecule is CC(C)(CN(Cc1ccccc1C(F)(F)F)C(=S)Nc1cccc(Br)c1)NC(=O)Cc1cncn1Cc1ccc(C#N)cc1. The maximum atomic E-state index is 13.8. The number of carbonyl (C=O) groups is 1. The predicted octanol–water partition coefficient (Wildman–Crippen LogP) is 6.92. The number of nitrogens with one attached hydrogen (secondary N) is 2. The van der Waals surface area contributed by atoms with E-state index in [0.29, 0.717) is 23.5 Å². The molecule has 1 heterocycles. The third kappa shape index (κ3) is 9.14. The zero-order chi connectivity index (χ0) is 31.9. The molecular weight excluding hydrogens is 653 g/mol. The van der Waals surface area contributed by atoms with Crippen molar-refractivity contribution in [1.29, 1.82) is 5.26 Å². The summed E-state index contributed by atoms with van der Waals surface area (Å²) in [6.07, 6.45) is -1.24. The molecule has 0 saturated carbocycles. The predicted molar refractivity (Wildman–Crippen MR) is 171 cm³/mol. The van der Waals surface area contributed by atoms with Crippen LogP contribution >= 0.6 is 28.1 Å². The van der Waals surface area contributed by atoms with Crippen LogP contribution in [0.25, 0.3) is 0 Å². The van der Waals surface area contributed by atoms with E-state index in [2.05, 4.69) is 37.6 Å². The number of aromatic nitrogens is 2. The van der Waals surface area contributed by atoms with Gasteiger partial charge in [-0.2, -0.15) is 18.4 Å². The fraction of sp³-hybridized carbons (Fsp3) is 0.250. The number of hydrogen-bond donors (Lipinski definition) is 2. The van der Waals surface area contributed by atoms with E-state index in [1.165, 1.54) is 12.1 Å². The highest BCUT2D eigenvalue weighted by molar-refractivity contribution is 9.10. The fourth-order valence-electron chi connectivity index (χ4n) is 4.73. The molecule has 0 radical (unpaired) electrons. The van der Waals surface area contributed by atoms with Crippen LogP contribution < -0.4 is 10.6 Å². The highest BCUT2D eigenvalue weighted by Gasteiger charge is 2.34. The Morgan fingerprint density at radius 2 is 1.82 bits per heavy atom. The Balaban J connectivity index is 1.49. The summed E-state index contributed by atoms with van der Waals surface area (Å²) in [7, 11) is 0. The van der Waals surface area contributed by atoms with Gasteiger partial charge < -0.3 is 20.1 Å². The molecular formula is C32H30BrF3N6OS. The zero-order valence-corrected chi connectivity index (χ0v) is 26.4. The van der Waals surface area contributed by atoms with Gasteiger partial charge in [0.05, 0.1) is 35.5 Å². The van der Waals surface area contributed by atoms with Crippen molar-refractivity contribution in [3.05, 3.63) is 118 Å². The first-order chi connectivity index (χ1) is 20.8. The molecule has 0 aliphatic carbocycles. The number of anilines is 1. The number of rotatable bonds is 10. The van der Waals surface area contributed by atoms with Crippen molar-refractivity contribution >= 4 is 44.9 Å². The molecule has 1 amide bonds. The van der Waals surface area contributed by atoms with Crippen molar-refractivity contribution in [3.63, 3.8) is 0 Å². The average molecular weight is 684 g/mol. The topological polar surface area (TPSA) is 86.0 Å². The van der Waals surface area contributed by atoms with Gasteiger partial charge in [-0.25, -0.2) is 4.98 Å². The molecule has 3 aromatic carbocycles. The minimum Gasteiger partial charge on any atom is -0.349 e. The molecule has 0 saturated heterocycles. The van der Waals surface area contributed by atoms with Crippen molar-refractivity contribution < 1.29 is 18.0 Å². The summed E-state index contributed by atoms with van der Waals surface area (Å²) in [5.41, 5.74) is 1.29. The number of imidazole rings is 1. The van der Waals surface area contributed by atoms with Crippen LogP contribution in [0.1, 0.15) is 41.8 Å². The Morgan fingerprint density at radius 3 is 2.50 bits per heavy atom. The Bertz CT molecular complexity index is 1660. The van der Waals surface area contributed by atoms with Gasteiger partial charge in [-0.15, -0.1) is 0 Å². The molecule has 228 valence electrons. The molecule has 0 unspecified atom stereocenters. The van der Waals surface area contributed by atoms with Crippen molar-refractivity contribution in [1.82, 2.24) is 19.8 Å². The number of carbonyl (C=O) groups excluding carboxylic acids is 1. The van der Waals surface area contributed by atoms with Gasteiger partial charge in [-0.1, -0.05) is 52.3 Å². The number of alkyl halides is 3. The maximum Gasteiger partial charge on any atom is 0.416 e. The normalized spacial score (nSPS) is 11.5. The number of amides is 1. The van der Waals surface area contributed by atoms with Crippen LogP contribution in [0.4, 0.5) is 18.9 Å². The molecule has 0 aliphatic rings. The number of benzene rings is 3. The highest BCUT2D eigenvalue weighted by Crippen LogP contribution is 2.32. The second kappa shape index (κ2) is 14.1. The number of nitriles is 1. The van der Waals surface area contributed by atoms with E-state index in [9.17, 15) is 18.0 Å². The second-order valence-corrected chi connectivity index (χ2v) is 12.2. The van der Waals surface area contributed by atoms with Gasteiger partial charge in [0.15, 0.2) is 5.11 Å². The largest absolute Gasteiger partial charge is 0.416 e. The lowest BCUT2D eigenvalue weighted by Crippen LogP contribution is -2.53. The van der Waals surface area contributed by atoms with Gasteiger partial charge in [0.1, 0.15) is 0 Å². The second-order valence-electron chi connectivity index (χ2n) is 10.9. The smallest absolute Gasteiger partial charge is 0.349 e. The third-order valence-corrected chi connectivity index (χ3v) is 7.54. The van der Waals surface area contributed by atoms with Gasteiger partial charge in [0, 0.05) is 41.7 Å². The summed E-state index contributed by atoms with van der Waals surface area (Å²) in [6, 6.07) is 21.9. The summed E-state index contributed by atoms with van der Waals surface area (Å²) in [5.74, 6) is -0.280. The number of hydrogen-bond acceptors (Lipinski definition) is 4. The lowest BCUT2D eigenvalue weighted by Gasteiger charge is -2.35. The van der Waals surface area contributed by atoms with E-state index in [0.717, 1.165) is 16.1 Å². The summed E-state index contributed by atoms with van der Waals surface area (Å²) in [6.45, 7) is 4.05. The van der Waals surface area contributed by atoms with E-state index in [1.807, 2.05) is 34.9 Å². The van der Waals surface area contributed by atoms with E-state index in [4.69, 9.17) is 17.5 Å². The van der Waals surface area contributed by atoms with Gasteiger partial charge in [-0.3, -0.25) is 4.79 Å². The highest BCUT2D eigenvalue weighted by atomic mass is 79.9. The van der Waals surface area contributed by atoms with Crippen LogP contribution in [0.15, 0.2) is 89.8 Å². The Morgan fingerprint density at radius 1 is 1.09 bits per heavy atom. The Kier molecular flexibility index (Phi) is 10.4. The number of nitrogens with zero attached hydrogens (tertiary/aromatic N) is 4. The average Bonchev–Trinajstić information content (AvgIpc) is 3.38. The van der Waals surface area contributed by atoms with Crippen LogP contribution in [-0.2, 0) is 30.5 Å². The molecule has 44 heavy (non-hydrogen) atoms. The van der Waals surface area contributed by atoms with E-state index >= 15 is 0 Å². The molecule has 0 aliphatic heterocycles. The molecule has 0 spiro atoms. The first-order valence-electron chi connectivity index (χ1n) is 13.6. The molecule has 4 aromatic rings. The van der Waals surface area contributed by atoms with Crippen molar-refractivity contribution in [3.8, 4) is 6.07 Å².